The van der Waals surface area contributed by atoms with Gasteiger partial charge in [-0.15, -0.1) is 0 Å². The quantitative estimate of drug-likeness (QED) is 0.289. The fraction of sp³-hybridized carbons (Fsp3) is 0.0800. The molecule has 11 heteroatoms. The van der Waals surface area contributed by atoms with Gasteiger partial charge in [0.05, 0.1) is 12.0 Å². The number of amides is 2. The molecule has 6 nitrogen and oxygen atoms in total. The number of aliphatic imine (C=N–C) groups is 1. The van der Waals surface area contributed by atoms with Crippen LogP contribution in [0.3, 0.4) is 0 Å². The number of nitrogens with one attached hydrogen (secondary N) is 1. The number of carbonyl (C=O) groups is 2. The van der Waals surface area contributed by atoms with Gasteiger partial charge in [-0.3, -0.25) is 9.59 Å². The largest absolute Gasteiger partial charge is 0.493 e. The van der Waals surface area contributed by atoms with Crippen molar-refractivity contribution < 1.29 is 19.1 Å². The highest BCUT2D eigenvalue weighted by Crippen LogP contribution is 2.37. The van der Waals surface area contributed by atoms with Gasteiger partial charge in [0.15, 0.2) is 16.7 Å². The first-order valence-corrected chi connectivity index (χ1v) is 13.0. The summed E-state index contributed by atoms with van der Waals surface area (Å²) in [7, 11) is 1.52. The first-order chi connectivity index (χ1) is 17.2. The van der Waals surface area contributed by atoms with E-state index >= 15 is 0 Å². The lowest BCUT2D eigenvalue weighted by molar-refractivity contribution is -0.115. The van der Waals surface area contributed by atoms with Gasteiger partial charge in [-0.25, -0.2) is 0 Å². The third kappa shape index (κ3) is 6.44. The molecule has 1 N–H and O–H groups in total. The number of hydrogen-bond acceptors (Lipinski definition) is 5. The number of methoxy groups -OCH3 is 1. The van der Waals surface area contributed by atoms with Crippen LogP contribution in [0.2, 0.25) is 15.1 Å². The lowest BCUT2D eigenvalue weighted by atomic mass is 10.1. The van der Waals surface area contributed by atoms with Gasteiger partial charge in [-0.05, 0) is 71.9 Å². The molecule has 2 amide bonds. The average Bonchev–Trinajstić information content (AvgIpc) is 3.18. The minimum atomic E-state index is -0.485. The molecule has 0 atom stereocenters. The Kier molecular flexibility index (Phi) is 8.64. The van der Waals surface area contributed by atoms with Gasteiger partial charge in [0.1, 0.15) is 6.61 Å². The van der Waals surface area contributed by atoms with Crippen LogP contribution in [0.15, 0.2) is 69.0 Å². The first kappa shape index (κ1) is 26.6. The summed E-state index contributed by atoms with van der Waals surface area (Å²) in [4.78, 5) is 29.3. The van der Waals surface area contributed by atoms with Gasteiger partial charge in [0.2, 0.25) is 0 Å². The van der Waals surface area contributed by atoms with E-state index in [0.717, 1.165) is 17.3 Å². The number of carbonyl (C=O) groups excluding carboxylic acids is 2. The average molecular weight is 627 g/mol. The molecule has 0 aliphatic carbocycles. The van der Waals surface area contributed by atoms with Crippen molar-refractivity contribution in [3.05, 3.63) is 95.7 Å². The lowest BCUT2D eigenvalue weighted by Crippen LogP contribution is -2.20. The van der Waals surface area contributed by atoms with E-state index in [1.807, 2.05) is 0 Å². The van der Waals surface area contributed by atoms with E-state index in [0.29, 0.717) is 47.1 Å². The van der Waals surface area contributed by atoms with Crippen LogP contribution < -0.4 is 14.8 Å². The van der Waals surface area contributed by atoms with Crippen LogP contribution >= 0.6 is 62.5 Å². The molecule has 0 radical (unpaired) electrons. The van der Waals surface area contributed by atoms with E-state index < -0.39 is 5.91 Å². The maximum absolute atomic E-state index is 12.5. The summed E-state index contributed by atoms with van der Waals surface area (Å²) in [5, 5.41) is 4.35. The van der Waals surface area contributed by atoms with Gasteiger partial charge in [-0.2, -0.15) is 4.99 Å². The molecular formula is C25H16BrCl3N2O4S. The minimum absolute atomic E-state index is 0.189. The smallest absolute Gasteiger partial charge is 0.279 e. The molecule has 36 heavy (non-hydrogen) atoms. The summed E-state index contributed by atoms with van der Waals surface area (Å²) in [6.45, 7) is 0.207. The highest BCUT2D eigenvalue weighted by molar-refractivity contribution is 9.10. The van der Waals surface area contributed by atoms with Crippen molar-refractivity contribution in [2.45, 2.75) is 6.61 Å². The number of benzene rings is 3. The number of nitrogens with zero attached hydrogens (tertiary/aromatic N) is 1. The monoisotopic (exact) mass is 624 g/mol. The second-order valence-electron chi connectivity index (χ2n) is 7.34. The molecule has 0 bridgehead atoms. The zero-order valence-corrected chi connectivity index (χ0v) is 23.2. The third-order valence-electron chi connectivity index (χ3n) is 4.91. The van der Waals surface area contributed by atoms with E-state index in [9.17, 15) is 9.59 Å². The Labute approximate surface area is 234 Å². The number of amidine groups is 1. The summed E-state index contributed by atoms with van der Waals surface area (Å²) in [6, 6.07) is 15.0. The maximum atomic E-state index is 12.5. The molecule has 1 fully saturated rings. The van der Waals surface area contributed by atoms with E-state index in [1.165, 1.54) is 7.11 Å². The Hall–Kier alpha value is -2.49. The molecule has 0 unspecified atom stereocenters. The summed E-state index contributed by atoms with van der Waals surface area (Å²) < 4.78 is 12.1. The molecule has 1 heterocycles. The number of thioether (sulfide) groups is 1. The van der Waals surface area contributed by atoms with Crippen LogP contribution in [0.25, 0.3) is 6.08 Å². The molecule has 1 saturated heterocycles. The van der Waals surface area contributed by atoms with Crippen LogP contribution in [0, 0.1) is 0 Å². The molecule has 1 aliphatic heterocycles. The predicted molar refractivity (Wildman–Crippen MR) is 148 cm³/mol. The van der Waals surface area contributed by atoms with Crippen molar-refractivity contribution in [3.8, 4) is 11.5 Å². The molecular weight excluding hydrogens is 611 g/mol. The molecule has 0 aromatic heterocycles. The Morgan fingerprint density at radius 3 is 2.47 bits per heavy atom. The highest BCUT2D eigenvalue weighted by Gasteiger charge is 2.25. The highest BCUT2D eigenvalue weighted by atomic mass is 79.9. The predicted octanol–water partition coefficient (Wildman–Crippen LogP) is 7.40. The van der Waals surface area contributed by atoms with Crippen LogP contribution in [0.4, 0.5) is 0 Å². The van der Waals surface area contributed by atoms with Crippen molar-refractivity contribution in [3.63, 3.8) is 0 Å². The van der Waals surface area contributed by atoms with Crippen molar-refractivity contribution >= 4 is 85.6 Å². The molecule has 3 aromatic rings. The van der Waals surface area contributed by atoms with E-state index in [4.69, 9.17) is 44.3 Å². The molecule has 3 aromatic carbocycles. The Bertz CT molecular complexity index is 1410. The van der Waals surface area contributed by atoms with Crippen molar-refractivity contribution in [2.24, 2.45) is 4.99 Å². The Morgan fingerprint density at radius 1 is 1.06 bits per heavy atom. The normalized spacial score (nSPS) is 15.3. The van der Waals surface area contributed by atoms with Gasteiger partial charge < -0.3 is 14.8 Å². The second kappa shape index (κ2) is 11.7. The molecule has 0 spiro atoms. The van der Waals surface area contributed by atoms with Crippen molar-refractivity contribution in [2.75, 3.05) is 7.11 Å². The summed E-state index contributed by atoms with van der Waals surface area (Å²) in [5.41, 5.74) is 1.80. The molecule has 184 valence electrons. The zero-order chi connectivity index (χ0) is 25.8. The molecule has 0 saturated carbocycles. The Morgan fingerprint density at radius 2 is 1.78 bits per heavy atom. The first-order valence-electron chi connectivity index (χ1n) is 10.3. The van der Waals surface area contributed by atoms with E-state index in [-0.39, 0.29) is 17.7 Å². The van der Waals surface area contributed by atoms with Gasteiger partial charge >= 0.3 is 0 Å². The van der Waals surface area contributed by atoms with Crippen LogP contribution in [-0.2, 0) is 11.4 Å². The van der Waals surface area contributed by atoms with Crippen molar-refractivity contribution in [1.82, 2.24) is 5.32 Å². The van der Waals surface area contributed by atoms with Crippen LogP contribution in [0.1, 0.15) is 21.5 Å². The van der Waals surface area contributed by atoms with Crippen LogP contribution in [0.5, 0.6) is 11.5 Å². The number of hydrogen-bond donors (Lipinski definition) is 1. The van der Waals surface area contributed by atoms with E-state index in [2.05, 4.69) is 26.2 Å². The summed E-state index contributed by atoms with van der Waals surface area (Å²) in [6.07, 6.45) is 1.67. The summed E-state index contributed by atoms with van der Waals surface area (Å²) in [5.74, 6) is 0.0920. The van der Waals surface area contributed by atoms with Crippen molar-refractivity contribution in [1.29, 1.82) is 0 Å². The van der Waals surface area contributed by atoms with Gasteiger partial charge in [0.25, 0.3) is 11.8 Å². The maximum Gasteiger partial charge on any atom is 0.279 e. The second-order valence-corrected chi connectivity index (χ2v) is 10.5. The van der Waals surface area contributed by atoms with Gasteiger partial charge in [0, 0.05) is 30.7 Å². The molecule has 1 aliphatic rings. The number of ether oxygens (including phenoxy) is 2. The fourth-order valence-corrected chi connectivity index (χ4v) is 4.94. The topological polar surface area (TPSA) is 77.0 Å². The molecule has 4 rings (SSSR count). The van der Waals surface area contributed by atoms with Gasteiger partial charge in [-0.1, -0.05) is 56.8 Å². The standard InChI is InChI=1S/C25H16BrCl3N2O4S/c1-34-20-8-15(18(26)11-21(20)35-12-14-4-7-17(28)10-19(14)29)9-22-24(33)31-25(36-22)30-23(32)13-2-5-16(27)6-3-13/h2-11H,12H2,1H3,(H,30,31,32,33)/b22-9-. The summed E-state index contributed by atoms with van der Waals surface area (Å²) >= 11 is 22.6. The fourth-order valence-electron chi connectivity index (χ4n) is 3.10. The zero-order valence-electron chi connectivity index (χ0n) is 18.5. The number of rotatable bonds is 6. The van der Waals surface area contributed by atoms with E-state index in [1.54, 1.807) is 60.7 Å². The third-order valence-corrected chi connectivity index (χ3v) is 7.35. The SMILES string of the molecule is COc1cc(/C=C2\SC(=NC(=O)c3ccc(Cl)cc3)NC2=O)c(Br)cc1OCc1ccc(Cl)cc1Cl. The lowest BCUT2D eigenvalue weighted by Gasteiger charge is -2.14. The van der Waals surface area contributed by atoms with Crippen LogP contribution in [-0.4, -0.2) is 24.1 Å². The number of halogens is 4. The minimum Gasteiger partial charge on any atom is -0.493 e. The Balaban J connectivity index is 1.52.